The largest absolute Gasteiger partial charge is 0.325 e. The summed E-state index contributed by atoms with van der Waals surface area (Å²) in [5, 5.41) is 6.76. The summed E-state index contributed by atoms with van der Waals surface area (Å²) in [5.41, 5.74) is 3.02. The fraction of sp³-hybridized carbons (Fsp3) is 0.263. The number of likely N-dealkylation sites (N-methyl/N-ethyl adjacent to an activating group) is 1. The molecule has 2 rings (SSSR count). The first kappa shape index (κ1) is 21.5. The average molecular weight is 429 g/mol. The van der Waals surface area contributed by atoms with E-state index in [2.05, 4.69) is 10.6 Å². The predicted octanol–water partition coefficient (Wildman–Crippen LogP) is 4.77. The Balaban J connectivity index is 1.89. The second-order valence-electron chi connectivity index (χ2n) is 6.34. The quantitative estimate of drug-likeness (QED) is 0.696. The SMILES string of the molecule is Cc1cc(C)c(NC(=O)CN(C)CC(=O)Nc2ccc(Cl)c(Cl)c2)c(Cl)c1. The molecule has 0 aliphatic carbocycles. The van der Waals surface area contributed by atoms with Gasteiger partial charge in [0.25, 0.3) is 0 Å². The van der Waals surface area contributed by atoms with E-state index in [1.807, 2.05) is 19.9 Å². The average Bonchev–Trinajstić information content (AvgIpc) is 2.54. The summed E-state index contributed by atoms with van der Waals surface area (Å²) in [6.07, 6.45) is 0. The molecule has 2 aromatic rings. The molecule has 0 atom stereocenters. The highest BCUT2D eigenvalue weighted by atomic mass is 35.5. The Hall–Kier alpha value is -1.79. The molecule has 0 aliphatic heterocycles. The maximum absolute atomic E-state index is 12.3. The van der Waals surface area contributed by atoms with Gasteiger partial charge in [-0.3, -0.25) is 14.5 Å². The van der Waals surface area contributed by atoms with Crippen molar-refractivity contribution in [3.05, 3.63) is 56.5 Å². The van der Waals surface area contributed by atoms with Crippen LogP contribution in [0.1, 0.15) is 11.1 Å². The minimum absolute atomic E-state index is 0.0360. The highest BCUT2D eigenvalue weighted by Gasteiger charge is 2.14. The van der Waals surface area contributed by atoms with E-state index in [1.165, 1.54) is 0 Å². The van der Waals surface area contributed by atoms with Gasteiger partial charge in [-0.25, -0.2) is 0 Å². The van der Waals surface area contributed by atoms with Gasteiger partial charge in [0.1, 0.15) is 0 Å². The highest BCUT2D eigenvalue weighted by molar-refractivity contribution is 6.42. The summed E-state index contributed by atoms with van der Waals surface area (Å²) in [6, 6.07) is 8.55. The first-order chi connectivity index (χ1) is 12.7. The van der Waals surface area contributed by atoms with E-state index in [1.54, 1.807) is 36.2 Å². The molecule has 144 valence electrons. The van der Waals surface area contributed by atoms with E-state index in [9.17, 15) is 9.59 Å². The van der Waals surface area contributed by atoms with Crippen LogP contribution in [0.2, 0.25) is 15.1 Å². The Bertz CT molecular complexity index is 848. The molecule has 0 saturated heterocycles. The second-order valence-corrected chi connectivity index (χ2v) is 7.56. The first-order valence-corrected chi connectivity index (χ1v) is 9.29. The number of aryl methyl sites for hydroxylation is 2. The van der Waals surface area contributed by atoms with Crippen molar-refractivity contribution in [1.82, 2.24) is 4.90 Å². The van der Waals surface area contributed by atoms with E-state index in [4.69, 9.17) is 34.8 Å². The van der Waals surface area contributed by atoms with Gasteiger partial charge in [-0.05, 0) is 56.3 Å². The van der Waals surface area contributed by atoms with Crippen molar-refractivity contribution in [2.24, 2.45) is 0 Å². The number of carbonyl (C=O) groups is 2. The van der Waals surface area contributed by atoms with Gasteiger partial charge in [0, 0.05) is 5.69 Å². The van der Waals surface area contributed by atoms with Crippen molar-refractivity contribution >= 4 is 58.0 Å². The van der Waals surface area contributed by atoms with Crippen LogP contribution in [0.15, 0.2) is 30.3 Å². The lowest BCUT2D eigenvalue weighted by molar-refractivity contribution is -0.119. The molecule has 0 heterocycles. The summed E-state index contributed by atoms with van der Waals surface area (Å²) in [6.45, 7) is 3.89. The number of hydrogen-bond donors (Lipinski definition) is 2. The monoisotopic (exact) mass is 427 g/mol. The maximum atomic E-state index is 12.3. The molecular formula is C19H20Cl3N3O2. The van der Waals surface area contributed by atoms with Crippen molar-refractivity contribution in [3.8, 4) is 0 Å². The molecule has 0 bridgehead atoms. The lowest BCUT2D eigenvalue weighted by Gasteiger charge is -2.17. The molecule has 2 N–H and O–H groups in total. The van der Waals surface area contributed by atoms with E-state index < -0.39 is 0 Å². The van der Waals surface area contributed by atoms with Crippen molar-refractivity contribution < 1.29 is 9.59 Å². The van der Waals surface area contributed by atoms with Crippen LogP contribution < -0.4 is 10.6 Å². The van der Waals surface area contributed by atoms with E-state index in [0.29, 0.717) is 26.4 Å². The molecule has 27 heavy (non-hydrogen) atoms. The summed E-state index contributed by atoms with van der Waals surface area (Å²) in [5.74, 6) is -0.526. The predicted molar refractivity (Wildman–Crippen MR) is 112 cm³/mol. The van der Waals surface area contributed by atoms with Crippen LogP contribution in [0.4, 0.5) is 11.4 Å². The fourth-order valence-electron chi connectivity index (χ4n) is 2.57. The number of rotatable bonds is 6. The van der Waals surface area contributed by atoms with Gasteiger partial charge in [-0.2, -0.15) is 0 Å². The van der Waals surface area contributed by atoms with Crippen LogP contribution in [-0.2, 0) is 9.59 Å². The Labute approximate surface area is 173 Å². The summed E-state index contributed by atoms with van der Waals surface area (Å²) >= 11 is 18.0. The number of nitrogens with zero attached hydrogens (tertiary/aromatic N) is 1. The smallest absolute Gasteiger partial charge is 0.238 e. The number of hydrogen-bond acceptors (Lipinski definition) is 3. The molecule has 2 aromatic carbocycles. The fourth-order valence-corrected chi connectivity index (χ4v) is 3.24. The van der Waals surface area contributed by atoms with Crippen LogP contribution >= 0.6 is 34.8 Å². The van der Waals surface area contributed by atoms with Crippen LogP contribution in [0.5, 0.6) is 0 Å². The maximum Gasteiger partial charge on any atom is 0.238 e. The third kappa shape index (κ3) is 6.40. The highest BCUT2D eigenvalue weighted by Crippen LogP contribution is 2.27. The summed E-state index contributed by atoms with van der Waals surface area (Å²) < 4.78 is 0. The van der Waals surface area contributed by atoms with Gasteiger partial charge in [0.05, 0.1) is 33.8 Å². The summed E-state index contributed by atoms with van der Waals surface area (Å²) in [7, 11) is 1.68. The van der Waals surface area contributed by atoms with Gasteiger partial charge in [0.15, 0.2) is 0 Å². The van der Waals surface area contributed by atoms with Crippen molar-refractivity contribution in [1.29, 1.82) is 0 Å². The number of nitrogens with one attached hydrogen (secondary N) is 2. The van der Waals surface area contributed by atoms with E-state index >= 15 is 0 Å². The van der Waals surface area contributed by atoms with Crippen molar-refractivity contribution in [2.45, 2.75) is 13.8 Å². The number of halogens is 3. The van der Waals surface area contributed by atoms with Gasteiger partial charge >= 0.3 is 0 Å². The zero-order chi connectivity index (χ0) is 20.1. The van der Waals surface area contributed by atoms with Crippen LogP contribution in [0.25, 0.3) is 0 Å². The van der Waals surface area contributed by atoms with E-state index in [-0.39, 0.29) is 24.9 Å². The van der Waals surface area contributed by atoms with Gasteiger partial charge < -0.3 is 10.6 Å². The lowest BCUT2D eigenvalue weighted by atomic mass is 10.1. The standard InChI is InChI=1S/C19H20Cl3N3O2/c1-11-6-12(2)19(16(22)7-11)24-18(27)10-25(3)9-17(26)23-13-4-5-14(20)15(21)8-13/h4-8H,9-10H2,1-3H3,(H,23,26)(H,24,27). The van der Waals surface area contributed by atoms with Gasteiger partial charge in [-0.1, -0.05) is 40.9 Å². The van der Waals surface area contributed by atoms with Crippen LogP contribution in [0.3, 0.4) is 0 Å². The van der Waals surface area contributed by atoms with Gasteiger partial charge in [0.2, 0.25) is 11.8 Å². The second kappa shape index (κ2) is 9.42. The van der Waals surface area contributed by atoms with E-state index in [0.717, 1.165) is 11.1 Å². The molecule has 0 aliphatic rings. The first-order valence-electron chi connectivity index (χ1n) is 8.15. The molecule has 0 saturated carbocycles. The van der Waals surface area contributed by atoms with Crippen LogP contribution in [0, 0.1) is 13.8 Å². The molecule has 5 nitrogen and oxygen atoms in total. The number of anilines is 2. The normalized spacial score (nSPS) is 10.8. The molecule has 0 spiro atoms. The zero-order valence-corrected chi connectivity index (χ0v) is 17.5. The number of amides is 2. The summed E-state index contributed by atoms with van der Waals surface area (Å²) in [4.78, 5) is 26.0. The topological polar surface area (TPSA) is 61.4 Å². The minimum Gasteiger partial charge on any atom is -0.325 e. The molecule has 0 unspecified atom stereocenters. The Morgan fingerprint density at radius 2 is 1.52 bits per heavy atom. The number of carbonyl (C=O) groups excluding carboxylic acids is 2. The molecule has 0 fully saturated rings. The Morgan fingerprint density at radius 3 is 2.11 bits per heavy atom. The minimum atomic E-state index is -0.270. The molecule has 8 heteroatoms. The Morgan fingerprint density at radius 1 is 0.889 bits per heavy atom. The third-order valence-electron chi connectivity index (χ3n) is 3.73. The molecule has 2 amide bonds. The molecule has 0 radical (unpaired) electrons. The van der Waals surface area contributed by atoms with Gasteiger partial charge in [-0.15, -0.1) is 0 Å². The third-order valence-corrected chi connectivity index (χ3v) is 4.76. The lowest BCUT2D eigenvalue weighted by Crippen LogP contribution is -2.36. The number of benzene rings is 2. The van der Waals surface area contributed by atoms with Crippen LogP contribution in [-0.4, -0.2) is 36.9 Å². The molecule has 0 aromatic heterocycles. The zero-order valence-electron chi connectivity index (χ0n) is 15.2. The van der Waals surface area contributed by atoms with Crippen molar-refractivity contribution in [3.63, 3.8) is 0 Å². The van der Waals surface area contributed by atoms with Crippen molar-refractivity contribution in [2.75, 3.05) is 30.8 Å². The Kier molecular flexibility index (Phi) is 7.50. The molecular weight excluding hydrogens is 409 g/mol.